The maximum Gasteiger partial charge on any atom is 0.329 e. The molecule has 1 aliphatic heterocycles. The number of likely N-dealkylation sites (tertiary alicyclic amines) is 1. The minimum absolute atomic E-state index is 0.0145. The van der Waals surface area contributed by atoms with Crippen molar-refractivity contribution in [3.8, 4) is 0 Å². The number of hydrogen-bond acceptors (Lipinski definition) is 3. The number of anilines is 1. The van der Waals surface area contributed by atoms with Crippen molar-refractivity contribution in [2.75, 3.05) is 18.4 Å². The molecule has 2 amide bonds. The highest BCUT2D eigenvalue weighted by Crippen LogP contribution is 2.20. The third kappa shape index (κ3) is 3.87. The number of benzene rings is 2. The molecule has 2 heterocycles. The molecule has 2 aromatic carbocycles. The van der Waals surface area contributed by atoms with E-state index in [1.165, 1.54) is 4.57 Å². The third-order valence-corrected chi connectivity index (χ3v) is 5.72. The van der Waals surface area contributed by atoms with Crippen molar-refractivity contribution >= 4 is 28.5 Å². The summed E-state index contributed by atoms with van der Waals surface area (Å²) in [6.07, 6.45) is 1.52. The number of nitrogens with zero attached hydrogens (tertiary/aromatic N) is 3. The second-order valence-corrected chi connectivity index (χ2v) is 7.64. The number of hydrogen-bond donors (Lipinski definition) is 1. The maximum atomic E-state index is 13.0. The Hall–Kier alpha value is -3.35. The molecule has 7 heteroatoms. The fourth-order valence-electron chi connectivity index (χ4n) is 4.15. The van der Waals surface area contributed by atoms with Crippen molar-refractivity contribution in [2.24, 2.45) is 5.92 Å². The zero-order valence-corrected chi connectivity index (χ0v) is 17.1. The molecule has 1 atom stereocenters. The minimum atomic E-state index is -0.253. The molecule has 30 heavy (non-hydrogen) atoms. The standard InChI is InChI=1S/C23H26N4O3/c1-2-26-19-12-6-7-13-20(19)27(23(26)30)16-21(28)25-14-8-9-17(15-25)22(29)24-18-10-4-3-5-11-18/h3-7,10-13,17H,2,8-9,14-16H2,1H3,(H,24,29). The van der Waals surface area contributed by atoms with Gasteiger partial charge < -0.3 is 10.2 Å². The van der Waals surface area contributed by atoms with E-state index in [0.717, 1.165) is 29.6 Å². The minimum Gasteiger partial charge on any atom is -0.340 e. The summed E-state index contributed by atoms with van der Waals surface area (Å²) in [5.74, 6) is -0.455. The van der Waals surface area contributed by atoms with Gasteiger partial charge in [0.25, 0.3) is 0 Å². The molecule has 1 aromatic heterocycles. The summed E-state index contributed by atoms with van der Waals surface area (Å²) in [6, 6.07) is 16.9. The van der Waals surface area contributed by atoms with Gasteiger partial charge in [-0.15, -0.1) is 0 Å². The summed E-state index contributed by atoms with van der Waals surface area (Å²) in [5, 5.41) is 2.93. The normalized spacial score (nSPS) is 16.6. The summed E-state index contributed by atoms with van der Waals surface area (Å²) in [4.78, 5) is 40.2. The molecule has 7 nitrogen and oxygen atoms in total. The van der Waals surface area contributed by atoms with Crippen LogP contribution in [0.5, 0.6) is 0 Å². The van der Waals surface area contributed by atoms with E-state index in [1.54, 1.807) is 9.47 Å². The fourth-order valence-corrected chi connectivity index (χ4v) is 4.15. The Labute approximate surface area is 174 Å². The molecule has 1 aliphatic rings. The topological polar surface area (TPSA) is 76.3 Å². The zero-order chi connectivity index (χ0) is 21.1. The first kappa shape index (κ1) is 19.9. The highest BCUT2D eigenvalue weighted by atomic mass is 16.2. The molecule has 3 aromatic rings. The molecule has 1 unspecified atom stereocenters. The number of carbonyl (C=O) groups excluding carboxylic acids is 2. The van der Waals surface area contributed by atoms with Crippen LogP contribution in [0, 0.1) is 5.92 Å². The predicted molar refractivity (Wildman–Crippen MR) is 116 cm³/mol. The van der Waals surface area contributed by atoms with Crippen LogP contribution in [0.1, 0.15) is 19.8 Å². The van der Waals surface area contributed by atoms with Gasteiger partial charge in [0.05, 0.1) is 17.0 Å². The summed E-state index contributed by atoms with van der Waals surface area (Å²) < 4.78 is 3.21. The number of nitrogens with one attached hydrogen (secondary N) is 1. The zero-order valence-electron chi connectivity index (χ0n) is 17.1. The first-order valence-electron chi connectivity index (χ1n) is 10.4. The van der Waals surface area contributed by atoms with Crippen LogP contribution in [0.3, 0.4) is 0 Å². The molecule has 0 saturated carbocycles. The van der Waals surface area contributed by atoms with Crippen molar-refractivity contribution in [3.63, 3.8) is 0 Å². The smallest absolute Gasteiger partial charge is 0.329 e. The number of aryl methyl sites for hydroxylation is 1. The first-order chi connectivity index (χ1) is 14.6. The van der Waals surface area contributed by atoms with Crippen LogP contribution in [0.25, 0.3) is 11.0 Å². The number of carbonyl (C=O) groups is 2. The molecule has 0 bridgehead atoms. The van der Waals surface area contributed by atoms with Gasteiger partial charge in [-0.1, -0.05) is 30.3 Å². The molecule has 4 rings (SSSR count). The lowest BCUT2D eigenvalue weighted by Crippen LogP contribution is -2.45. The molecule has 1 fully saturated rings. The Balaban J connectivity index is 1.48. The number of amides is 2. The van der Waals surface area contributed by atoms with Crippen LogP contribution < -0.4 is 11.0 Å². The van der Waals surface area contributed by atoms with E-state index in [2.05, 4.69) is 5.32 Å². The summed E-state index contributed by atoms with van der Waals surface area (Å²) in [6.45, 7) is 3.43. The number of aromatic nitrogens is 2. The van der Waals surface area contributed by atoms with Crippen LogP contribution in [-0.2, 0) is 22.7 Å². The van der Waals surface area contributed by atoms with Gasteiger partial charge in [0.1, 0.15) is 6.54 Å². The van der Waals surface area contributed by atoms with Crippen LogP contribution in [0.15, 0.2) is 59.4 Å². The molecule has 0 spiro atoms. The third-order valence-electron chi connectivity index (χ3n) is 5.72. The van der Waals surface area contributed by atoms with Crippen molar-refractivity contribution in [2.45, 2.75) is 32.9 Å². The number of imidazole rings is 1. The molecule has 0 radical (unpaired) electrons. The van der Waals surface area contributed by atoms with Crippen LogP contribution >= 0.6 is 0 Å². The lowest BCUT2D eigenvalue weighted by atomic mass is 9.97. The van der Waals surface area contributed by atoms with Gasteiger partial charge >= 0.3 is 5.69 Å². The SMILES string of the molecule is CCn1c(=O)n(CC(=O)N2CCCC(C(=O)Nc3ccccc3)C2)c2ccccc21. The molecule has 1 N–H and O–H groups in total. The van der Waals surface area contributed by atoms with Crippen LogP contribution in [-0.4, -0.2) is 38.9 Å². The van der Waals surface area contributed by atoms with E-state index in [4.69, 9.17) is 0 Å². The Morgan fingerprint density at radius 1 is 1.00 bits per heavy atom. The Kier molecular flexibility index (Phi) is 5.70. The van der Waals surface area contributed by atoms with Gasteiger partial charge in [0, 0.05) is 25.3 Å². The Morgan fingerprint density at radius 2 is 1.67 bits per heavy atom. The monoisotopic (exact) mass is 406 g/mol. The van der Waals surface area contributed by atoms with Crippen molar-refractivity contribution in [1.82, 2.24) is 14.0 Å². The molecular formula is C23H26N4O3. The largest absolute Gasteiger partial charge is 0.340 e. The number of para-hydroxylation sites is 3. The lowest BCUT2D eigenvalue weighted by Gasteiger charge is -2.32. The van der Waals surface area contributed by atoms with Crippen molar-refractivity contribution in [1.29, 1.82) is 0 Å². The molecular weight excluding hydrogens is 380 g/mol. The van der Waals surface area contributed by atoms with Gasteiger partial charge in [-0.25, -0.2) is 4.79 Å². The second-order valence-electron chi connectivity index (χ2n) is 7.64. The van der Waals surface area contributed by atoms with Crippen molar-refractivity contribution in [3.05, 3.63) is 65.1 Å². The highest BCUT2D eigenvalue weighted by Gasteiger charge is 2.29. The number of fused-ring (bicyclic) bond motifs is 1. The van der Waals surface area contributed by atoms with Gasteiger partial charge in [-0.3, -0.25) is 18.7 Å². The summed E-state index contributed by atoms with van der Waals surface area (Å²) >= 11 is 0. The number of piperidine rings is 1. The Morgan fingerprint density at radius 3 is 2.37 bits per heavy atom. The van der Waals surface area contributed by atoms with Gasteiger partial charge in [0.2, 0.25) is 11.8 Å². The van der Waals surface area contributed by atoms with Gasteiger partial charge in [-0.05, 0) is 44.0 Å². The Bertz CT molecular complexity index is 1120. The fraction of sp³-hybridized carbons (Fsp3) is 0.348. The van der Waals surface area contributed by atoms with Crippen LogP contribution in [0.4, 0.5) is 5.69 Å². The van der Waals surface area contributed by atoms with Crippen molar-refractivity contribution < 1.29 is 9.59 Å². The van der Waals surface area contributed by atoms with Gasteiger partial charge in [-0.2, -0.15) is 0 Å². The maximum absolute atomic E-state index is 13.0. The molecule has 0 aliphatic carbocycles. The average molecular weight is 406 g/mol. The predicted octanol–water partition coefficient (Wildman–Crippen LogP) is 2.70. The molecule has 156 valence electrons. The molecule has 1 saturated heterocycles. The number of rotatable bonds is 5. The van der Waals surface area contributed by atoms with E-state index in [0.29, 0.717) is 19.6 Å². The average Bonchev–Trinajstić information content (AvgIpc) is 3.05. The van der Waals surface area contributed by atoms with Crippen LogP contribution in [0.2, 0.25) is 0 Å². The second kappa shape index (κ2) is 8.57. The quantitative estimate of drug-likeness (QED) is 0.708. The van der Waals surface area contributed by atoms with Gasteiger partial charge in [0.15, 0.2) is 0 Å². The highest BCUT2D eigenvalue weighted by molar-refractivity contribution is 5.93. The summed E-state index contributed by atoms with van der Waals surface area (Å²) in [5.41, 5.74) is 2.16. The summed E-state index contributed by atoms with van der Waals surface area (Å²) in [7, 11) is 0. The van der Waals surface area contributed by atoms with E-state index in [-0.39, 0.29) is 30.0 Å². The lowest BCUT2D eigenvalue weighted by molar-refractivity contribution is -0.135. The van der Waals surface area contributed by atoms with E-state index in [1.807, 2.05) is 61.5 Å². The van der Waals surface area contributed by atoms with E-state index >= 15 is 0 Å². The van der Waals surface area contributed by atoms with E-state index < -0.39 is 0 Å². The first-order valence-corrected chi connectivity index (χ1v) is 10.4. The van der Waals surface area contributed by atoms with E-state index in [9.17, 15) is 14.4 Å².